The average molecular weight is 492 g/mol. The summed E-state index contributed by atoms with van der Waals surface area (Å²) in [6.45, 7) is 9.27. The molecular weight excluding hydrogens is 458 g/mol. The SMILES string of the molecule is CC1CN(C)CCN1c1ncc(-c2cnc(CN)c(OCc3cccc(C#CC(C)(C)O)c3)c2)s1. The number of hydrogen-bond donors (Lipinski definition) is 2. The van der Waals surface area contributed by atoms with Gasteiger partial charge in [0.05, 0.1) is 10.6 Å². The largest absolute Gasteiger partial charge is 0.487 e. The van der Waals surface area contributed by atoms with Gasteiger partial charge in [-0.3, -0.25) is 4.98 Å². The minimum Gasteiger partial charge on any atom is -0.487 e. The van der Waals surface area contributed by atoms with Gasteiger partial charge < -0.3 is 25.4 Å². The molecule has 3 aromatic rings. The third-order valence-electron chi connectivity index (χ3n) is 5.81. The van der Waals surface area contributed by atoms with Crippen LogP contribution in [-0.2, 0) is 13.2 Å². The summed E-state index contributed by atoms with van der Waals surface area (Å²) in [7, 11) is 2.16. The first-order valence-electron chi connectivity index (χ1n) is 11.8. The maximum absolute atomic E-state index is 9.85. The lowest BCUT2D eigenvalue weighted by Gasteiger charge is -2.38. The molecule has 1 unspecified atom stereocenters. The summed E-state index contributed by atoms with van der Waals surface area (Å²) in [6.07, 6.45) is 3.76. The number of hydrogen-bond acceptors (Lipinski definition) is 8. The quantitative estimate of drug-likeness (QED) is 0.510. The number of aromatic nitrogens is 2. The Kier molecular flexibility index (Phi) is 7.72. The van der Waals surface area contributed by atoms with E-state index in [1.807, 2.05) is 42.7 Å². The molecule has 0 aliphatic carbocycles. The lowest BCUT2D eigenvalue weighted by Crippen LogP contribution is -2.50. The van der Waals surface area contributed by atoms with E-state index in [2.05, 4.69) is 40.6 Å². The molecule has 4 rings (SSSR count). The zero-order valence-electron chi connectivity index (χ0n) is 20.8. The summed E-state index contributed by atoms with van der Waals surface area (Å²) in [6, 6.07) is 10.2. The van der Waals surface area contributed by atoms with Crippen LogP contribution in [0, 0.1) is 11.8 Å². The number of nitrogens with two attached hydrogens (primary N) is 1. The topological polar surface area (TPSA) is 87.7 Å². The zero-order chi connectivity index (χ0) is 25.0. The van der Waals surface area contributed by atoms with E-state index in [0.29, 0.717) is 30.6 Å². The zero-order valence-corrected chi connectivity index (χ0v) is 21.6. The second-order valence-electron chi connectivity index (χ2n) is 9.48. The van der Waals surface area contributed by atoms with Crippen molar-refractivity contribution in [3.63, 3.8) is 0 Å². The Labute approximate surface area is 211 Å². The molecule has 0 amide bonds. The molecule has 3 N–H and O–H groups in total. The number of nitrogens with zero attached hydrogens (tertiary/aromatic N) is 4. The van der Waals surface area contributed by atoms with Crippen LogP contribution in [0.3, 0.4) is 0 Å². The second kappa shape index (κ2) is 10.8. The Morgan fingerprint density at radius 1 is 1.23 bits per heavy atom. The van der Waals surface area contributed by atoms with E-state index in [0.717, 1.165) is 46.3 Å². The van der Waals surface area contributed by atoms with E-state index >= 15 is 0 Å². The molecule has 3 heterocycles. The summed E-state index contributed by atoms with van der Waals surface area (Å²) in [5.74, 6) is 6.52. The Balaban J connectivity index is 1.50. The molecule has 0 bridgehead atoms. The highest BCUT2D eigenvalue weighted by atomic mass is 32.1. The smallest absolute Gasteiger partial charge is 0.186 e. The van der Waals surface area contributed by atoms with Crippen molar-refractivity contribution in [1.82, 2.24) is 14.9 Å². The van der Waals surface area contributed by atoms with Gasteiger partial charge in [-0.05, 0) is 51.6 Å². The molecule has 184 valence electrons. The van der Waals surface area contributed by atoms with Crippen LogP contribution in [0.5, 0.6) is 5.75 Å². The van der Waals surface area contributed by atoms with Crippen molar-refractivity contribution in [2.24, 2.45) is 5.73 Å². The van der Waals surface area contributed by atoms with Gasteiger partial charge in [-0.15, -0.1) is 0 Å². The molecule has 1 aromatic carbocycles. The van der Waals surface area contributed by atoms with Crippen molar-refractivity contribution in [3.8, 4) is 28.0 Å². The third kappa shape index (κ3) is 6.59. The maximum Gasteiger partial charge on any atom is 0.186 e. The molecule has 7 nitrogen and oxygen atoms in total. The fourth-order valence-corrected chi connectivity index (χ4v) is 4.99. The Morgan fingerprint density at radius 2 is 2.06 bits per heavy atom. The summed E-state index contributed by atoms with van der Waals surface area (Å²) in [5.41, 5.74) is 8.38. The highest BCUT2D eigenvalue weighted by Gasteiger charge is 2.24. The average Bonchev–Trinajstić information content (AvgIpc) is 3.31. The monoisotopic (exact) mass is 491 g/mol. The number of piperazine rings is 1. The minimum atomic E-state index is -1.03. The van der Waals surface area contributed by atoms with Gasteiger partial charge in [-0.2, -0.15) is 0 Å². The number of likely N-dealkylation sites (N-methyl/N-ethyl adjacent to an activating group) is 1. The van der Waals surface area contributed by atoms with Gasteiger partial charge in [0.15, 0.2) is 5.13 Å². The highest BCUT2D eigenvalue weighted by Crippen LogP contribution is 2.34. The van der Waals surface area contributed by atoms with Gasteiger partial charge in [-0.1, -0.05) is 35.3 Å². The van der Waals surface area contributed by atoms with Crippen molar-refractivity contribution >= 4 is 16.5 Å². The van der Waals surface area contributed by atoms with Gasteiger partial charge in [0.2, 0.25) is 0 Å². The van der Waals surface area contributed by atoms with Gasteiger partial charge >= 0.3 is 0 Å². The predicted octanol–water partition coefficient (Wildman–Crippen LogP) is 3.51. The Morgan fingerprint density at radius 3 is 2.80 bits per heavy atom. The lowest BCUT2D eigenvalue weighted by atomic mass is 10.1. The number of pyridine rings is 1. The van der Waals surface area contributed by atoms with Crippen molar-refractivity contribution < 1.29 is 9.84 Å². The van der Waals surface area contributed by atoms with Gasteiger partial charge in [0.1, 0.15) is 18.0 Å². The normalized spacial score (nSPS) is 16.6. The van der Waals surface area contributed by atoms with Crippen LogP contribution in [0.4, 0.5) is 5.13 Å². The number of rotatable bonds is 6. The van der Waals surface area contributed by atoms with E-state index in [4.69, 9.17) is 15.5 Å². The molecule has 2 aromatic heterocycles. The van der Waals surface area contributed by atoms with E-state index in [1.54, 1.807) is 25.2 Å². The number of thiazole rings is 1. The third-order valence-corrected chi connectivity index (χ3v) is 6.90. The van der Waals surface area contributed by atoms with Crippen molar-refractivity contribution in [3.05, 3.63) is 59.5 Å². The van der Waals surface area contributed by atoms with Crippen LogP contribution < -0.4 is 15.4 Å². The number of ether oxygens (including phenoxy) is 1. The molecule has 1 fully saturated rings. The summed E-state index contributed by atoms with van der Waals surface area (Å²) >= 11 is 1.68. The summed E-state index contributed by atoms with van der Waals surface area (Å²) < 4.78 is 6.16. The van der Waals surface area contributed by atoms with Gasteiger partial charge in [0.25, 0.3) is 0 Å². The van der Waals surface area contributed by atoms with Crippen LogP contribution in [0.15, 0.2) is 42.7 Å². The fraction of sp³-hybridized carbons (Fsp3) is 0.407. The first-order valence-corrected chi connectivity index (χ1v) is 12.6. The first-order chi connectivity index (χ1) is 16.7. The number of benzene rings is 1. The molecule has 1 aliphatic rings. The molecule has 0 saturated carbocycles. The molecule has 0 radical (unpaired) electrons. The molecule has 8 heteroatoms. The summed E-state index contributed by atoms with van der Waals surface area (Å²) in [4.78, 5) is 15.0. The molecule has 0 spiro atoms. The Hall–Kier alpha value is -2.96. The standard InChI is InChI=1S/C27H33N5O2S/c1-19-17-31(4)10-11-32(19)26-30-16-25(35-26)22-13-24(23(14-28)29-15-22)34-18-21-7-5-6-20(12-21)8-9-27(2,3)33/h5-7,12-13,15-16,19,33H,10-11,14,17-18,28H2,1-4H3. The molecule has 1 aliphatic heterocycles. The lowest BCUT2D eigenvalue weighted by molar-refractivity contribution is 0.143. The first kappa shape index (κ1) is 25.1. The van der Waals surface area contributed by atoms with Crippen molar-refractivity contribution in [2.75, 3.05) is 31.6 Å². The van der Waals surface area contributed by atoms with E-state index in [-0.39, 0.29) is 0 Å². The molecule has 1 saturated heterocycles. The Bertz CT molecular complexity index is 1220. The maximum atomic E-state index is 9.85. The number of aliphatic hydroxyl groups is 1. The van der Waals surface area contributed by atoms with E-state index in [1.165, 1.54) is 0 Å². The van der Waals surface area contributed by atoms with Crippen LogP contribution in [0.25, 0.3) is 10.4 Å². The molecule has 1 atom stereocenters. The second-order valence-corrected chi connectivity index (χ2v) is 10.5. The van der Waals surface area contributed by atoms with E-state index in [9.17, 15) is 5.11 Å². The van der Waals surface area contributed by atoms with Crippen LogP contribution in [0.2, 0.25) is 0 Å². The van der Waals surface area contributed by atoms with Crippen molar-refractivity contribution in [1.29, 1.82) is 0 Å². The van der Waals surface area contributed by atoms with Crippen molar-refractivity contribution in [2.45, 2.75) is 45.6 Å². The summed E-state index contributed by atoms with van der Waals surface area (Å²) in [5, 5.41) is 10.9. The minimum absolute atomic E-state index is 0.291. The van der Waals surface area contributed by atoms with Gasteiger partial charge in [0, 0.05) is 55.7 Å². The van der Waals surface area contributed by atoms with Gasteiger partial charge in [-0.25, -0.2) is 4.98 Å². The fourth-order valence-electron chi connectivity index (χ4n) is 3.97. The van der Waals surface area contributed by atoms with E-state index < -0.39 is 5.60 Å². The number of anilines is 1. The van der Waals surface area contributed by atoms with Crippen LogP contribution in [0.1, 0.15) is 37.6 Å². The molecular formula is C27H33N5O2S. The van der Waals surface area contributed by atoms with Crippen LogP contribution in [-0.4, -0.2) is 58.3 Å². The predicted molar refractivity (Wildman–Crippen MR) is 141 cm³/mol. The highest BCUT2D eigenvalue weighted by molar-refractivity contribution is 7.18. The molecule has 35 heavy (non-hydrogen) atoms. The van der Waals surface area contributed by atoms with Crippen LogP contribution >= 0.6 is 11.3 Å².